The van der Waals surface area contributed by atoms with Gasteiger partial charge >= 0.3 is 0 Å². The maximum absolute atomic E-state index is 11.9. The van der Waals surface area contributed by atoms with E-state index in [1.165, 1.54) is 6.26 Å². The van der Waals surface area contributed by atoms with Gasteiger partial charge in [-0.05, 0) is 41.7 Å². The molecular weight excluding hydrogens is 454 g/mol. The fourth-order valence-electron chi connectivity index (χ4n) is 4.47. The third-order valence-electron chi connectivity index (χ3n) is 6.18. The van der Waals surface area contributed by atoms with Gasteiger partial charge in [0.1, 0.15) is 17.9 Å². The van der Waals surface area contributed by atoms with Gasteiger partial charge < -0.3 is 40.3 Å². The average Bonchev–Trinajstić information content (AvgIpc) is 3.63. The highest BCUT2D eigenvalue weighted by molar-refractivity contribution is 5.90. The van der Waals surface area contributed by atoms with E-state index in [1.807, 2.05) is 4.90 Å². The Bertz CT molecular complexity index is 1360. The predicted molar refractivity (Wildman–Crippen MR) is 126 cm³/mol. The van der Waals surface area contributed by atoms with E-state index in [0.717, 1.165) is 6.42 Å². The zero-order valence-electron chi connectivity index (χ0n) is 18.8. The maximum atomic E-state index is 11.9. The number of primary amides is 1. The van der Waals surface area contributed by atoms with Crippen molar-refractivity contribution in [2.45, 2.75) is 38.7 Å². The Labute approximate surface area is 199 Å². The first kappa shape index (κ1) is 22.8. The summed E-state index contributed by atoms with van der Waals surface area (Å²) >= 11 is 0. The smallest absolute Gasteiger partial charge is 0.240 e. The summed E-state index contributed by atoms with van der Waals surface area (Å²) < 4.78 is 7.31. The van der Waals surface area contributed by atoms with Crippen LogP contribution in [0.25, 0.3) is 16.8 Å². The summed E-state index contributed by atoms with van der Waals surface area (Å²) in [6, 6.07) is 4.70. The van der Waals surface area contributed by atoms with E-state index in [1.54, 1.807) is 35.3 Å². The molecule has 182 valence electrons. The van der Waals surface area contributed by atoms with E-state index >= 15 is 0 Å². The topological polar surface area (TPSA) is 176 Å². The van der Waals surface area contributed by atoms with Gasteiger partial charge in [-0.15, -0.1) is 0 Å². The van der Waals surface area contributed by atoms with Crippen LogP contribution in [0.5, 0.6) is 0 Å². The molecule has 1 aliphatic rings. The molecule has 0 saturated carbocycles. The number of carbonyl (C=O) groups excluding carboxylic acids is 1. The van der Waals surface area contributed by atoms with Crippen molar-refractivity contribution in [1.82, 2.24) is 19.5 Å². The van der Waals surface area contributed by atoms with Crippen LogP contribution in [0.15, 0.2) is 41.4 Å². The number of hydrogen-bond acceptors (Lipinski definition) is 10. The molecule has 1 atom stereocenters. The Hall–Kier alpha value is -4.00. The third kappa shape index (κ3) is 4.18. The molecule has 12 heteroatoms. The van der Waals surface area contributed by atoms with Crippen molar-refractivity contribution in [2.24, 2.45) is 5.73 Å². The molecule has 0 unspecified atom stereocenters. The molecule has 1 saturated heterocycles. The third-order valence-corrected chi connectivity index (χ3v) is 6.18. The van der Waals surface area contributed by atoms with E-state index in [-0.39, 0.29) is 25.8 Å². The monoisotopic (exact) mass is 479 g/mol. The second-order valence-corrected chi connectivity index (χ2v) is 8.27. The number of rotatable bonds is 8. The van der Waals surface area contributed by atoms with Gasteiger partial charge in [-0.2, -0.15) is 4.98 Å². The number of imidazole rings is 1. The molecule has 3 aromatic heterocycles. The number of nitrogens with zero attached hydrogens (tertiary/aromatic N) is 5. The highest BCUT2D eigenvalue weighted by Gasteiger charge is 2.32. The number of hydrogen-bond donors (Lipinski definition) is 5. The Morgan fingerprint density at radius 3 is 2.63 bits per heavy atom. The second kappa shape index (κ2) is 9.33. The zero-order valence-corrected chi connectivity index (χ0v) is 18.8. The molecule has 35 heavy (non-hydrogen) atoms. The van der Waals surface area contributed by atoms with Crippen LogP contribution in [0.2, 0.25) is 0 Å². The van der Waals surface area contributed by atoms with Crippen molar-refractivity contribution >= 4 is 34.6 Å². The number of anilines is 3. The quantitative estimate of drug-likeness (QED) is 0.246. The summed E-state index contributed by atoms with van der Waals surface area (Å²) in [5.41, 5.74) is 8.85. The summed E-state index contributed by atoms with van der Waals surface area (Å²) in [4.78, 5) is 27.2. The van der Waals surface area contributed by atoms with Crippen LogP contribution < -0.4 is 16.0 Å². The molecule has 5 rings (SSSR count). The van der Waals surface area contributed by atoms with Gasteiger partial charge in [-0.25, -0.2) is 9.97 Å². The first-order valence-corrected chi connectivity index (χ1v) is 11.1. The van der Waals surface area contributed by atoms with Crippen molar-refractivity contribution in [3.8, 4) is 5.69 Å². The average molecular weight is 479 g/mol. The first-order chi connectivity index (χ1) is 17.0. The van der Waals surface area contributed by atoms with Gasteiger partial charge in [0.25, 0.3) is 0 Å². The van der Waals surface area contributed by atoms with Crippen molar-refractivity contribution in [2.75, 3.05) is 16.8 Å². The lowest BCUT2D eigenvalue weighted by Gasteiger charge is -2.23. The number of benzene rings is 1. The van der Waals surface area contributed by atoms with Gasteiger partial charge in [0.2, 0.25) is 11.9 Å². The maximum Gasteiger partial charge on any atom is 0.240 e. The Balaban J connectivity index is 1.47. The standard InChI is InChI=1S/C23H25N7O5/c24-21(34)18-2-1-4-30(18)22-20-17(3-5-35-20)26-23(28-22)27-19-8-29(12-25-19)15-6-13(9-31)16(11-33)14(7-15)10-32/h3,5-8,12,18,31-33H,1-2,4,9-11H2,(H2,24,34)(H,26,27,28)/t18-/m0/s1. The molecule has 4 aromatic rings. The lowest BCUT2D eigenvalue weighted by molar-refractivity contribution is -0.119. The van der Waals surface area contributed by atoms with Crippen LogP contribution in [0.1, 0.15) is 29.5 Å². The molecule has 0 aliphatic carbocycles. The Morgan fingerprint density at radius 2 is 1.94 bits per heavy atom. The molecule has 12 nitrogen and oxygen atoms in total. The van der Waals surface area contributed by atoms with Crippen LogP contribution in [-0.4, -0.2) is 53.3 Å². The van der Waals surface area contributed by atoms with Crippen LogP contribution >= 0.6 is 0 Å². The lowest BCUT2D eigenvalue weighted by Crippen LogP contribution is -2.40. The van der Waals surface area contributed by atoms with Crippen molar-refractivity contribution < 1.29 is 24.5 Å². The molecule has 1 aliphatic heterocycles. The number of fused-ring (bicyclic) bond motifs is 1. The molecule has 0 bridgehead atoms. The summed E-state index contributed by atoms with van der Waals surface area (Å²) in [7, 11) is 0. The molecule has 1 amide bonds. The number of nitrogens with two attached hydrogens (primary N) is 1. The number of amides is 1. The van der Waals surface area contributed by atoms with Gasteiger partial charge in [-0.3, -0.25) is 4.79 Å². The minimum absolute atomic E-state index is 0.275. The SMILES string of the molecule is NC(=O)[C@@H]1CCCN1c1nc(Nc2cn(-c3cc(CO)c(CO)c(CO)c3)cn2)nc2ccoc12. The highest BCUT2D eigenvalue weighted by atomic mass is 16.3. The van der Waals surface area contributed by atoms with Crippen LogP contribution in [-0.2, 0) is 24.6 Å². The molecule has 0 spiro atoms. The van der Waals surface area contributed by atoms with Gasteiger partial charge in [0.15, 0.2) is 17.2 Å². The molecule has 0 radical (unpaired) electrons. The second-order valence-electron chi connectivity index (χ2n) is 8.27. The van der Waals surface area contributed by atoms with Gasteiger partial charge in [-0.1, -0.05) is 0 Å². The Kier molecular flexibility index (Phi) is 6.07. The van der Waals surface area contributed by atoms with Crippen LogP contribution in [0, 0.1) is 0 Å². The van der Waals surface area contributed by atoms with E-state index in [9.17, 15) is 20.1 Å². The van der Waals surface area contributed by atoms with Crippen LogP contribution in [0.3, 0.4) is 0 Å². The van der Waals surface area contributed by atoms with E-state index in [2.05, 4.69) is 20.3 Å². The van der Waals surface area contributed by atoms with Gasteiger partial charge in [0, 0.05) is 18.3 Å². The molecule has 6 N–H and O–H groups in total. The van der Waals surface area contributed by atoms with E-state index in [4.69, 9.17) is 10.2 Å². The minimum atomic E-state index is -0.464. The summed E-state index contributed by atoms with van der Waals surface area (Å²) in [5.74, 6) is 0.805. The molecular formula is C23H25N7O5. The number of nitrogens with one attached hydrogen (secondary N) is 1. The largest absolute Gasteiger partial charge is 0.459 e. The first-order valence-electron chi connectivity index (χ1n) is 11.1. The fraction of sp³-hybridized carbons (Fsp3) is 0.304. The Morgan fingerprint density at radius 1 is 1.17 bits per heavy atom. The zero-order chi connectivity index (χ0) is 24.5. The van der Waals surface area contributed by atoms with Crippen LogP contribution in [0.4, 0.5) is 17.6 Å². The minimum Gasteiger partial charge on any atom is -0.459 e. The van der Waals surface area contributed by atoms with Crippen molar-refractivity contribution in [1.29, 1.82) is 0 Å². The highest BCUT2D eigenvalue weighted by Crippen LogP contribution is 2.32. The molecule has 1 aromatic carbocycles. The van der Waals surface area contributed by atoms with E-state index in [0.29, 0.717) is 58.1 Å². The predicted octanol–water partition coefficient (Wildman–Crippen LogP) is 1.08. The number of carbonyl (C=O) groups is 1. The lowest BCUT2D eigenvalue weighted by atomic mass is 10.0. The number of furan rings is 1. The number of aromatic nitrogens is 4. The van der Waals surface area contributed by atoms with Crippen molar-refractivity contribution in [3.63, 3.8) is 0 Å². The van der Waals surface area contributed by atoms with E-state index < -0.39 is 11.9 Å². The number of aliphatic hydroxyl groups excluding tert-OH is 3. The fourth-order valence-corrected chi connectivity index (χ4v) is 4.47. The molecule has 4 heterocycles. The summed E-state index contributed by atoms with van der Waals surface area (Å²) in [6.45, 7) is -0.216. The normalized spacial score (nSPS) is 15.7. The van der Waals surface area contributed by atoms with Crippen molar-refractivity contribution in [3.05, 3.63) is 53.7 Å². The summed E-state index contributed by atoms with van der Waals surface area (Å²) in [6.07, 6.45) is 6.26. The molecule has 1 fully saturated rings. The number of aliphatic hydroxyl groups is 3. The summed E-state index contributed by atoms with van der Waals surface area (Å²) in [5, 5.41) is 32.1. The van der Waals surface area contributed by atoms with Gasteiger partial charge in [0.05, 0.1) is 32.3 Å².